The Morgan fingerprint density at radius 2 is 2.10 bits per heavy atom. The number of nitrogens with zero attached hydrogens (tertiary/aromatic N) is 2. The first-order valence-electron chi connectivity index (χ1n) is 7.78. The van der Waals surface area contributed by atoms with E-state index in [0.717, 1.165) is 31.7 Å². The summed E-state index contributed by atoms with van der Waals surface area (Å²) in [7, 11) is 0. The van der Waals surface area contributed by atoms with Crippen LogP contribution in [0.5, 0.6) is 0 Å². The summed E-state index contributed by atoms with van der Waals surface area (Å²) in [5.41, 5.74) is 13.6. The second-order valence-corrected chi connectivity index (χ2v) is 6.20. The van der Waals surface area contributed by atoms with Gasteiger partial charge >= 0.3 is 0 Å². The normalized spacial score (nSPS) is 23.7. The van der Waals surface area contributed by atoms with Crippen LogP contribution >= 0.6 is 0 Å². The van der Waals surface area contributed by atoms with Crippen LogP contribution in [-0.4, -0.2) is 47.9 Å². The lowest BCUT2D eigenvalue weighted by Crippen LogP contribution is -2.54. The van der Waals surface area contributed by atoms with E-state index in [1.54, 1.807) is 12.1 Å². The zero-order valence-electron chi connectivity index (χ0n) is 12.4. The van der Waals surface area contributed by atoms with Crippen LogP contribution < -0.4 is 11.5 Å². The lowest BCUT2D eigenvalue weighted by Gasteiger charge is -2.44. The van der Waals surface area contributed by atoms with Crippen LogP contribution in [0, 0.1) is 0 Å². The molecule has 21 heavy (non-hydrogen) atoms. The van der Waals surface area contributed by atoms with Gasteiger partial charge in [-0.2, -0.15) is 0 Å². The zero-order chi connectivity index (χ0) is 14.8. The fraction of sp³-hybridized carbons (Fsp3) is 0.562. The van der Waals surface area contributed by atoms with E-state index >= 15 is 0 Å². The largest absolute Gasteiger partial charge is 0.398 e. The van der Waals surface area contributed by atoms with Crippen molar-refractivity contribution < 1.29 is 4.79 Å². The number of hydrogen-bond donors (Lipinski definition) is 2. The quantitative estimate of drug-likeness (QED) is 0.815. The molecule has 0 radical (unpaired) electrons. The molecule has 0 spiro atoms. The van der Waals surface area contributed by atoms with Crippen molar-refractivity contribution in [2.75, 3.05) is 31.9 Å². The second kappa shape index (κ2) is 6.03. The predicted molar refractivity (Wildman–Crippen MR) is 83.9 cm³/mol. The average Bonchev–Trinajstić information content (AvgIpc) is 2.49. The number of primary amides is 1. The first kappa shape index (κ1) is 14.4. The highest BCUT2D eigenvalue weighted by molar-refractivity contribution is 5.93. The molecule has 1 aromatic rings. The topological polar surface area (TPSA) is 75.6 Å². The van der Waals surface area contributed by atoms with Crippen molar-refractivity contribution in [1.29, 1.82) is 0 Å². The van der Waals surface area contributed by atoms with E-state index in [-0.39, 0.29) is 0 Å². The van der Waals surface area contributed by atoms with Crippen molar-refractivity contribution in [1.82, 2.24) is 9.80 Å². The molecule has 2 heterocycles. The number of nitrogen functional groups attached to an aromatic ring is 1. The van der Waals surface area contributed by atoms with Gasteiger partial charge in [0.25, 0.3) is 0 Å². The highest BCUT2D eigenvalue weighted by Crippen LogP contribution is 2.23. The number of anilines is 1. The maximum atomic E-state index is 11.2. The van der Waals surface area contributed by atoms with Crippen molar-refractivity contribution in [2.24, 2.45) is 5.73 Å². The van der Waals surface area contributed by atoms with Crippen LogP contribution in [0.25, 0.3) is 0 Å². The number of fused-ring (bicyclic) bond motifs is 1. The van der Waals surface area contributed by atoms with Gasteiger partial charge in [0.2, 0.25) is 5.91 Å². The summed E-state index contributed by atoms with van der Waals surface area (Å²) in [6.45, 7) is 5.48. The zero-order valence-corrected chi connectivity index (χ0v) is 12.4. The Morgan fingerprint density at radius 1 is 1.24 bits per heavy atom. The Labute approximate surface area is 125 Å². The van der Waals surface area contributed by atoms with E-state index in [0.29, 0.717) is 17.3 Å². The minimum absolute atomic E-state index is 0.427. The summed E-state index contributed by atoms with van der Waals surface area (Å²) in [6.07, 6.45) is 4.01. The maximum Gasteiger partial charge on any atom is 0.248 e. The summed E-state index contributed by atoms with van der Waals surface area (Å²) >= 11 is 0. The van der Waals surface area contributed by atoms with Crippen molar-refractivity contribution in [3.8, 4) is 0 Å². The summed E-state index contributed by atoms with van der Waals surface area (Å²) in [6, 6.07) is 6.10. The fourth-order valence-corrected chi connectivity index (χ4v) is 3.50. The van der Waals surface area contributed by atoms with Crippen LogP contribution in [-0.2, 0) is 6.54 Å². The van der Waals surface area contributed by atoms with Crippen LogP contribution in [0.1, 0.15) is 35.2 Å². The Kier molecular flexibility index (Phi) is 4.12. The molecule has 2 saturated heterocycles. The standard InChI is InChI=1S/C16H24N4O/c17-15-9-12(16(18)21)4-5-13(15)10-19-7-8-20-6-2-1-3-14(20)11-19/h4-5,9,14H,1-3,6-8,10-11,17H2,(H2,18,21). The lowest BCUT2D eigenvalue weighted by atomic mass is 9.99. The molecule has 0 aromatic heterocycles. The van der Waals surface area contributed by atoms with Gasteiger partial charge in [0, 0.05) is 43.5 Å². The van der Waals surface area contributed by atoms with E-state index in [1.807, 2.05) is 6.07 Å². The number of nitrogens with two attached hydrogens (primary N) is 2. The van der Waals surface area contributed by atoms with Gasteiger partial charge in [-0.25, -0.2) is 0 Å². The third-order valence-corrected chi connectivity index (χ3v) is 4.75. The van der Waals surface area contributed by atoms with E-state index in [4.69, 9.17) is 11.5 Å². The van der Waals surface area contributed by atoms with Crippen LogP contribution in [0.2, 0.25) is 0 Å². The highest BCUT2D eigenvalue weighted by Gasteiger charge is 2.28. The number of piperazine rings is 1. The van der Waals surface area contributed by atoms with Gasteiger partial charge in [0.1, 0.15) is 0 Å². The van der Waals surface area contributed by atoms with Crippen molar-refractivity contribution in [3.63, 3.8) is 0 Å². The Balaban J connectivity index is 1.65. The number of carbonyl (C=O) groups excluding carboxylic acids is 1. The fourth-order valence-electron chi connectivity index (χ4n) is 3.50. The molecule has 1 atom stereocenters. The minimum Gasteiger partial charge on any atom is -0.398 e. The van der Waals surface area contributed by atoms with Crippen molar-refractivity contribution >= 4 is 11.6 Å². The monoisotopic (exact) mass is 288 g/mol. The molecule has 1 amide bonds. The molecule has 1 aromatic carbocycles. The molecule has 3 rings (SSSR count). The number of benzene rings is 1. The number of amides is 1. The SMILES string of the molecule is NC(=O)c1ccc(CN2CCN3CCCCC3C2)c(N)c1. The van der Waals surface area contributed by atoms with Gasteiger partial charge in [-0.1, -0.05) is 12.5 Å². The van der Waals surface area contributed by atoms with Gasteiger partial charge in [-0.05, 0) is 37.1 Å². The molecule has 0 aliphatic carbocycles. The molecule has 2 fully saturated rings. The minimum atomic E-state index is -0.427. The molecule has 5 nitrogen and oxygen atoms in total. The first-order valence-corrected chi connectivity index (χ1v) is 7.78. The summed E-state index contributed by atoms with van der Waals surface area (Å²) in [5.74, 6) is -0.427. The molecule has 0 saturated carbocycles. The number of hydrogen-bond acceptors (Lipinski definition) is 4. The van der Waals surface area contributed by atoms with E-state index in [2.05, 4.69) is 9.80 Å². The van der Waals surface area contributed by atoms with Gasteiger partial charge in [-0.15, -0.1) is 0 Å². The van der Waals surface area contributed by atoms with Crippen LogP contribution in [0.3, 0.4) is 0 Å². The first-order chi connectivity index (χ1) is 10.1. The molecule has 1 unspecified atom stereocenters. The molecular formula is C16H24N4O. The Morgan fingerprint density at radius 3 is 2.86 bits per heavy atom. The molecule has 0 bridgehead atoms. The predicted octanol–water partition coefficient (Wildman–Crippen LogP) is 1.04. The van der Waals surface area contributed by atoms with Crippen molar-refractivity contribution in [2.45, 2.75) is 31.8 Å². The highest BCUT2D eigenvalue weighted by atomic mass is 16.1. The van der Waals surface area contributed by atoms with Gasteiger partial charge in [-0.3, -0.25) is 14.6 Å². The van der Waals surface area contributed by atoms with E-state index in [1.165, 1.54) is 25.8 Å². The van der Waals surface area contributed by atoms with Gasteiger partial charge in [0.15, 0.2) is 0 Å². The smallest absolute Gasteiger partial charge is 0.248 e. The third kappa shape index (κ3) is 3.19. The third-order valence-electron chi connectivity index (χ3n) is 4.75. The number of carbonyl (C=O) groups is 1. The molecule has 4 N–H and O–H groups in total. The van der Waals surface area contributed by atoms with Crippen LogP contribution in [0.4, 0.5) is 5.69 Å². The molecule has 114 valence electrons. The summed E-state index contributed by atoms with van der Waals surface area (Å²) in [4.78, 5) is 16.3. The van der Waals surface area contributed by atoms with E-state index in [9.17, 15) is 4.79 Å². The van der Waals surface area contributed by atoms with E-state index < -0.39 is 5.91 Å². The molecule has 5 heteroatoms. The maximum absolute atomic E-state index is 11.2. The van der Waals surface area contributed by atoms with Crippen molar-refractivity contribution in [3.05, 3.63) is 29.3 Å². The summed E-state index contributed by atoms with van der Waals surface area (Å²) in [5, 5.41) is 0. The van der Waals surface area contributed by atoms with Gasteiger partial charge < -0.3 is 11.5 Å². The average molecular weight is 288 g/mol. The molecular weight excluding hydrogens is 264 g/mol. The molecule has 2 aliphatic rings. The Bertz CT molecular complexity index is 531. The van der Waals surface area contributed by atoms with Gasteiger partial charge in [0.05, 0.1) is 0 Å². The second-order valence-electron chi connectivity index (χ2n) is 6.20. The number of rotatable bonds is 3. The molecule has 2 aliphatic heterocycles. The lowest BCUT2D eigenvalue weighted by molar-refractivity contribution is 0.0458. The van der Waals surface area contributed by atoms with Crippen LogP contribution in [0.15, 0.2) is 18.2 Å². The number of piperidine rings is 1. The summed E-state index contributed by atoms with van der Waals surface area (Å²) < 4.78 is 0. The Hall–Kier alpha value is -1.59.